The van der Waals surface area contributed by atoms with Gasteiger partial charge in [0.2, 0.25) is 0 Å². The quantitative estimate of drug-likeness (QED) is 0.421. The summed E-state index contributed by atoms with van der Waals surface area (Å²) in [6.07, 6.45) is 0.924. The predicted molar refractivity (Wildman–Crippen MR) is 108 cm³/mol. The Morgan fingerprint density at radius 1 is 1.22 bits per heavy atom. The Labute approximate surface area is 162 Å². The number of thiocarbonyl (C=S) groups is 1. The third kappa shape index (κ3) is 6.67. The number of nitro benzene ring substituents is 1. The first-order chi connectivity index (χ1) is 12.8. The highest BCUT2D eigenvalue weighted by molar-refractivity contribution is 7.80. The Morgan fingerprint density at radius 2 is 1.96 bits per heavy atom. The molecule has 0 radical (unpaired) electrons. The number of amides is 1. The molecule has 27 heavy (non-hydrogen) atoms. The molecule has 0 heterocycles. The minimum Gasteiger partial charge on any atom is -0.494 e. The van der Waals surface area contributed by atoms with E-state index in [0.29, 0.717) is 29.5 Å². The lowest BCUT2D eigenvalue weighted by molar-refractivity contribution is -0.384. The minimum absolute atomic E-state index is 0.0478. The van der Waals surface area contributed by atoms with Gasteiger partial charge in [-0.3, -0.25) is 20.2 Å². The topological polar surface area (TPSA) is 93.5 Å². The van der Waals surface area contributed by atoms with Crippen LogP contribution in [-0.4, -0.2) is 22.5 Å². The number of hydrogen-bond acceptors (Lipinski definition) is 5. The molecule has 0 atom stereocenters. The van der Waals surface area contributed by atoms with E-state index in [9.17, 15) is 14.9 Å². The van der Waals surface area contributed by atoms with Crippen LogP contribution in [0.4, 0.5) is 11.4 Å². The van der Waals surface area contributed by atoms with Gasteiger partial charge in [-0.2, -0.15) is 0 Å². The smallest absolute Gasteiger partial charge is 0.271 e. The maximum Gasteiger partial charge on any atom is 0.271 e. The molecular formula is C19H21N3O4S. The van der Waals surface area contributed by atoms with Crippen LogP contribution < -0.4 is 15.4 Å². The Balaban J connectivity index is 1.95. The van der Waals surface area contributed by atoms with Crippen molar-refractivity contribution >= 4 is 34.6 Å². The van der Waals surface area contributed by atoms with Crippen LogP contribution in [0.5, 0.6) is 5.75 Å². The van der Waals surface area contributed by atoms with E-state index in [-0.39, 0.29) is 10.8 Å². The first-order valence-corrected chi connectivity index (χ1v) is 8.85. The Hall–Kier alpha value is -3.00. The SMILES string of the molecule is CC(C)CCOc1cccc(C(=O)NC(=S)Nc2cccc([N+](=O)[O-])c2)c1. The molecule has 142 valence electrons. The zero-order chi connectivity index (χ0) is 19.8. The molecular weight excluding hydrogens is 366 g/mol. The van der Waals surface area contributed by atoms with Gasteiger partial charge in [0, 0.05) is 23.4 Å². The molecule has 0 aliphatic heterocycles. The highest BCUT2D eigenvalue weighted by Gasteiger charge is 2.11. The van der Waals surface area contributed by atoms with Gasteiger partial charge in [0.1, 0.15) is 5.75 Å². The Bertz CT molecular complexity index is 839. The Kier molecular flexibility index (Phi) is 7.25. The summed E-state index contributed by atoms with van der Waals surface area (Å²) in [6.45, 7) is 4.81. The number of rotatable bonds is 7. The number of anilines is 1. The molecule has 0 aromatic heterocycles. The van der Waals surface area contributed by atoms with Gasteiger partial charge in [-0.25, -0.2) is 0 Å². The number of carbonyl (C=O) groups is 1. The van der Waals surface area contributed by atoms with Crippen LogP contribution in [0.25, 0.3) is 0 Å². The van der Waals surface area contributed by atoms with Crippen LogP contribution in [0.3, 0.4) is 0 Å². The molecule has 1 amide bonds. The molecule has 2 aromatic carbocycles. The van der Waals surface area contributed by atoms with E-state index in [1.54, 1.807) is 30.3 Å². The van der Waals surface area contributed by atoms with Crippen LogP contribution in [0.15, 0.2) is 48.5 Å². The lowest BCUT2D eigenvalue weighted by Gasteiger charge is -2.11. The van der Waals surface area contributed by atoms with Crippen molar-refractivity contribution < 1.29 is 14.5 Å². The number of nitro groups is 1. The molecule has 2 aromatic rings. The average Bonchev–Trinajstić information content (AvgIpc) is 2.61. The molecule has 0 aliphatic carbocycles. The van der Waals surface area contributed by atoms with Crippen molar-refractivity contribution in [2.24, 2.45) is 5.92 Å². The average molecular weight is 387 g/mol. The summed E-state index contributed by atoms with van der Waals surface area (Å²) in [7, 11) is 0. The zero-order valence-electron chi connectivity index (χ0n) is 15.1. The molecule has 7 nitrogen and oxygen atoms in total. The number of nitrogens with one attached hydrogen (secondary N) is 2. The summed E-state index contributed by atoms with van der Waals surface area (Å²) in [6, 6.07) is 12.7. The highest BCUT2D eigenvalue weighted by atomic mass is 32.1. The highest BCUT2D eigenvalue weighted by Crippen LogP contribution is 2.17. The first-order valence-electron chi connectivity index (χ1n) is 8.45. The fourth-order valence-corrected chi connectivity index (χ4v) is 2.39. The van der Waals surface area contributed by atoms with Gasteiger partial charge in [-0.05, 0) is 48.8 Å². The number of non-ortho nitro benzene ring substituents is 1. The normalized spacial score (nSPS) is 10.3. The van der Waals surface area contributed by atoms with Crippen LogP contribution in [0.1, 0.15) is 30.6 Å². The predicted octanol–water partition coefficient (Wildman–Crippen LogP) is 4.15. The summed E-state index contributed by atoms with van der Waals surface area (Å²) < 4.78 is 5.65. The van der Waals surface area contributed by atoms with Crippen molar-refractivity contribution in [2.75, 3.05) is 11.9 Å². The van der Waals surface area contributed by atoms with Crippen molar-refractivity contribution in [3.8, 4) is 5.75 Å². The molecule has 0 aliphatic rings. The van der Waals surface area contributed by atoms with Gasteiger partial charge >= 0.3 is 0 Å². The van der Waals surface area contributed by atoms with Crippen molar-refractivity contribution in [1.82, 2.24) is 5.32 Å². The third-order valence-corrected chi connectivity index (χ3v) is 3.81. The van der Waals surface area contributed by atoms with Gasteiger partial charge in [0.15, 0.2) is 5.11 Å². The number of carbonyl (C=O) groups excluding carboxylic acids is 1. The zero-order valence-corrected chi connectivity index (χ0v) is 15.9. The van der Waals surface area contributed by atoms with E-state index in [0.717, 1.165) is 6.42 Å². The fourth-order valence-electron chi connectivity index (χ4n) is 2.17. The monoisotopic (exact) mass is 387 g/mol. The maximum absolute atomic E-state index is 12.4. The molecule has 2 N–H and O–H groups in total. The van der Waals surface area contributed by atoms with Gasteiger partial charge in [0.25, 0.3) is 11.6 Å². The molecule has 0 saturated carbocycles. The maximum atomic E-state index is 12.4. The number of benzene rings is 2. The van der Waals surface area contributed by atoms with Crippen molar-refractivity contribution in [1.29, 1.82) is 0 Å². The van der Waals surface area contributed by atoms with Crippen LogP contribution in [0.2, 0.25) is 0 Å². The lowest BCUT2D eigenvalue weighted by Crippen LogP contribution is -2.34. The molecule has 2 rings (SSSR count). The fraction of sp³-hybridized carbons (Fsp3) is 0.263. The van der Waals surface area contributed by atoms with E-state index in [2.05, 4.69) is 24.5 Å². The van der Waals surface area contributed by atoms with Gasteiger partial charge in [-0.1, -0.05) is 26.0 Å². The molecule has 8 heteroatoms. The minimum atomic E-state index is -0.502. The van der Waals surface area contributed by atoms with Crippen LogP contribution in [-0.2, 0) is 0 Å². The molecule has 0 unspecified atom stereocenters. The summed E-state index contributed by atoms with van der Waals surface area (Å²) in [5.41, 5.74) is 0.751. The largest absolute Gasteiger partial charge is 0.494 e. The van der Waals surface area contributed by atoms with Crippen molar-refractivity contribution in [3.63, 3.8) is 0 Å². The standard InChI is InChI=1S/C19H21N3O4S/c1-13(2)9-10-26-17-8-3-5-14(11-17)18(23)21-19(27)20-15-6-4-7-16(12-15)22(24)25/h3-8,11-13H,9-10H2,1-2H3,(H2,20,21,23,27). The molecule has 0 spiro atoms. The molecule has 0 bridgehead atoms. The van der Waals surface area contributed by atoms with Gasteiger partial charge in [0.05, 0.1) is 11.5 Å². The van der Waals surface area contributed by atoms with E-state index >= 15 is 0 Å². The summed E-state index contributed by atoms with van der Waals surface area (Å²) in [5, 5.41) is 16.2. The summed E-state index contributed by atoms with van der Waals surface area (Å²) in [5.74, 6) is 0.752. The lowest BCUT2D eigenvalue weighted by atomic mass is 10.1. The Morgan fingerprint density at radius 3 is 2.67 bits per heavy atom. The van der Waals surface area contributed by atoms with Crippen LogP contribution in [0, 0.1) is 16.0 Å². The number of hydrogen-bond donors (Lipinski definition) is 2. The number of nitrogens with zero attached hydrogens (tertiary/aromatic N) is 1. The second kappa shape index (κ2) is 9.63. The molecule has 0 saturated heterocycles. The van der Waals surface area contributed by atoms with E-state index in [4.69, 9.17) is 17.0 Å². The van der Waals surface area contributed by atoms with E-state index < -0.39 is 10.8 Å². The summed E-state index contributed by atoms with van der Waals surface area (Å²) in [4.78, 5) is 22.7. The van der Waals surface area contributed by atoms with Crippen molar-refractivity contribution in [2.45, 2.75) is 20.3 Å². The van der Waals surface area contributed by atoms with Gasteiger partial charge in [-0.15, -0.1) is 0 Å². The summed E-state index contributed by atoms with van der Waals surface area (Å²) >= 11 is 5.11. The van der Waals surface area contributed by atoms with Gasteiger partial charge < -0.3 is 10.1 Å². The molecule has 0 fully saturated rings. The van der Waals surface area contributed by atoms with E-state index in [1.165, 1.54) is 18.2 Å². The third-order valence-electron chi connectivity index (χ3n) is 3.60. The number of ether oxygens (including phenoxy) is 1. The van der Waals surface area contributed by atoms with Crippen molar-refractivity contribution in [3.05, 3.63) is 64.2 Å². The first kappa shape index (κ1) is 20.3. The second-order valence-corrected chi connectivity index (χ2v) is 6.68. The van der Waals surface area contributed by atoms with E-state index in [1.807, 2.05) is 0 Å². The van der Waals surface area contributed by atoms with Crippen LogP contribution >= 0.6 is 12.2 Å². The second-order valence-electron chi connectivity index (χ2n) is 6.27.